The average molecular weight is 131 g/mol. The maximum atomic E-state index is 9.97. The fourth-order valence-corrected chi connectivity index (χ4v) is 0.382. The topological polar surface area (TPSA) is 69.4 Å². The quantitative estimate of drug-likeness (QED) is 0.550. The molecule has 0 aliphatic heterocycles. The van der Waals surface area contributed by atoms with Crippen molar-refractivity contribution in [2.24, 2.45) is 5.73 Å². The highest BCUT2D eigenvalue weighted by molar-refractivity contribution is 5.65. The first-order valence-electron chi connectivity index (χ1n) is 2.56. The minimum absolute atomic E-state index is 0.197. The molecule has 9 heavy (non-hydrogen) atoms. The van der Waals surface area contributed by atoms with Gasteiger partial charge in [0.05, 0.1) is 0 Å². The van der Waals surface area contributed by atoms with Gasteiger partial charge < -0.3 is 15.3 Å². The molecule has 4 heteroatoms. The van der Waals surface area contributed by atoms with E-state index in [0.717, 1.165) is 0 Å². The maximum Gasteiger partial charge on any atom is 0.404 e. The highest BCUT2D eigenvalue weighted by Crippen LogP contribution is 1.92. The monoisotopic (exact) mass is 131 g/mol. The Kier molecular flexibility index (Phi) is 3.43. The molecule has 0 saturated heterocycles. The predicted molar refractivity (Wildman–Crippen MR) is 30.8 cm³/mol. The lowest BCUT2D eigenvalue weighted by molar-refractivity contribution is -0.109. The van der Waals surface area contributed by atoms with Gasteiger partial charge in [0.2, 0.25) is 0 Å². The van der Waals surface area contributed by atoms with Crippen LogP contribution in [0.15, 0.2) is 0 Å². The van der Waals surface area contributed by atoms with E-state index in [1.54, 1.807) is 6.92 Å². The maximum absolute atomic E-state index is 9.97. The Labute approximate surface area is 53.0 Å². The van der Waals surface area contributed by atoms with Gasteiger partial charge in [-0.1, -0.05) is 0 Å². The molecule has 52 valence electrons. The molecule has 0 fully saturated rings. The standard InChI is InChI=1S/C5H9NO3/c1-4(2-3-7)9-5(6)8/h3-4H,2H2,1H3,(H2,6,8)/t4-/m0/s1. The second-order valence-electron chi connectivity index (χ2n) is 1.65. The van der Waals surface area contributed by atoms with Crippen LogP contribution in [0, 0.1) is 0 Å². The molecule has 0 aromatic carbocycles. The lowest BCUT2D eigenvalue weighted by atomic mass is 10.3. The lowest BCUT2D eigenvalue weighted by Gasteiger charge is -2.05. The van der Waals surface area contributed by atoms with E-state index in [1.807, 2.05) is 0 Å². The van der Waals surface area contributed by atoms with E-state index in [2.05, 4.69) is 10.5 Å². The third-order valence-corrected chi connectivity index (χ3v) is 0.745. The molecule has 0 aliphatic rings. The summed E-state index contributed by atoms with van der Waals surface area (Å²) in [7, 11) is 0. The van der Waals surface area contributed by atoms with E-state index >= 15 is 0 Å². The molecule has 0 unspecified atom stereocenters. The zero-order chi connectivity index (χ0) is 7.28. The van der Waals surface area contributed by atoms with Gasteiger partial charge in [-0.15, -0.1) is 0 Å². The molecule has 0 aromatic rings. The van der Waals surface area contributed by atoms with Gasteiger partial charge in [0.15, 0.2) is 0 Å². The number of hydrogen-bond acceptors (Lipinski definition) is 3. The molecule has 4 nitrogen and oxygen atoms in total. The number of carbonyl (C=O) groups is 2. The first-order valence-corrected chi connectivity index (χ1v) is 2.56. The molecule has 0 radical (unpaired) electrons. The van der Waals surface area contributed by atoms with Gasteiger partial charge in [0.1, 0.15) is 12.4 Å². The van der Waals surface area contributed by atoms with Crippen molar-refractivity contribution in [3.05, 3.63) is 0 Å². The molecule has 0 aromatic heterocycles. The summed E-state index contributed by atoms with van der Waals surface area (Å²) >= 11 is 0. The van der Waals surface area contributed by atoms with Crippen LogP contribution in [-0.4, -0.2) is 18.5 Å². The lowest BCUT2D eigenvalue weighted by Crippen LogP contribution is -2.20. The largest absolute Gasteiger partial charge is 0.446 e. The van der Waals surface area contributed by atoms with E-state index < -0.39 is 12.2 Å². The van der Waals surface area contributed by atoms with Crippen molar-refractivity contribution in [2.75, 3.05) is 0 Å². The molecule has 0 rings (SSSR count). The molecule has 0 bridgehead atoms. The number of nitrogens with two attached hydrogens (primary N) is 1. The number of ether oxygens (including phenoxy) is 1. The van der Waals surface area contributed by atoms with E-state index in [0.29, 0.717) is 6.29 Å². The van der Waals surface area contributed by atoms with Crippen LogP contribution in [0.4, 0.5) is 4.79 Å². The molecular weight excluding hydrogens is 122 g/mol. The van der Waals surface area contributed by atoms with Crippen LogP contribution < -0.4 is 5.73 Å². The Bertz CT molecular complexity index is 113. The molecule has 0 saturated carbocycles. The second-order valence-corrected chi connectivity index (χ2v) is 1.65. The normalized spacial score (nSPS) is 12.1. The predicted octanol–water partition coefficient (Wildman–Crippen LogP) is 0.0592. The van der Waals surface area contributed by atoms with Gasteiger partial charge >= 0.3 is 6.09 Å². The fraction of sp³-hybridized carbons (Fsp3) is 0.600. The van der Waals surface area contributed by atoms with E-state index in [-0.39, 0.29) is 6.42 Å². The van der Waals surface area contributed by atoms with E-state index in [4.69, 9.17) is 0 Å². The summed E-state index contributed by atoms with van der Waals surface area (Å²) in [5, 5.41) is 0. The highest BCUT2D eigenvalue weighted by Gasteiger charge is 2.02. The van der Waals surface area contributed by atoms with Gasteiger partial charge in [-0.25, -0.2) is 4.79 Å². The highest BCUT2D eigenvalue weighted by atomic mass is 16.6. The van der Waals surface area contributed by atoms with Crippen LogP contribution in [0.1, 0.15) is 13.3 Å². The van der Waals surface area contributed by atoms with Crippen molar-refractivity contribution >= 4 is 12.4 Å². The van der Waals surface area contributed by atoms with Crippen molar-refractivity contribution in [2.45, 2.75) is 19.4 Å². The van der Waals surface area contributed by atoms with E-state index in [9.17, 15) is 9.59 Å². The molecule has 0 spiro atoms. The zero-order valence-electron chi connectivity index (χ0n) is 5.16. The molecule has 1 atom stereocenters. The summed E-state index contributed by atoms with van der Waals surface area (Å²) in [6.07, 6.45) is -0.374. The minimum Gasteiger partial charge on any atom is -0.446 e. The van der Waals surface area contributed by atoms with Crippen LogP contribution in [-0.2, 0) is 9.53 Å². The van der Waals surface area contributed by atoms with Crippen LogP contribution in [0.5, 0.6) is 0 Å². The number of amides is 1. The van der Waals surface area contributed by atoms with Gasteiger partial charge in [-0.05, 0) is 6.92 Å². The SMILES string of the molecule is C[C@@H](CC=O)OC(N)=O. The van der Waals surface area contributed by atoms with Gasteiger partial charge in [0, 0.05) is 6.42 Å². The third kappa shape index (κ3) is 4.80. The summed E-state index contributed by atoms with van der Waals surface area (Å²) in [6.45, 7) is 1.60. The van der Waals surface area contributed by atoms with Crippen LogP contribution in [0.2, 0.25) is 0 Å². The summed E-state index contributed by atoms with van der Waals surface area (Å²) < 4.78 is 4.40. The van der Waals surface area contributed by atoms with Crippen LogP contribution in [0.25, 0.3) is 0 Å². The molecule has 0 aliphatic carbocycles. The Balaban J connectivity index is 3.37. The summed E-state index contributed by atoms with van der Waals surface area (Å²) in [4.78, 5) is 19.7. The molecule has 0 heterocycles. The zero-order valence-corrected chi connectivity index (χ0v) is 5.16. The number of primary amides is 1. The smallest absolute Gasteiger partial charge is 0.404 e. The number of aldehydes is 1. The van der Waals surface area contributed by atoms with Crippen molar-refractivity contribution in [1.29, 1.82) is 0 Å². The number of rotatable bonds is 3. The van der Waals surface area contributed by atoms with Gasteiger partial charge in [-0.2, -0.15) is 0 Å². The van der Waals surface area contributed by atoms with Crippen LogP contribution >= 0.6 is 0 Å². The first kappa shape index (κ1) is 7.94. The Morgan fingerprint density at radius 2 is 2.44 bits per heavy atom. The average Bonchev–Trinajstić information content (AvgIpc) is 1.63. The Hall–Kier alpha value is -1.06. The summed E-state index contributed by atoms with van der Waals surface area (Å²) in [5.41, 5.74) is 4.65. The van der Waals surface area contributed by atoms with Gasteiger partial charge in [-0.3, -0.25) is 0 Å². The van der Waals surface area contributed by atoms with Crippen LogP contribution in [0.3, 0.4) is 0 Å². The van der Waals surface area contributed by atoms with Crippen molar-refractivity contribution in [1.82, 2.24) is 0 Å². The molecular formula is C5H9NO3. The van der Waals surface area contributed by atoms with E-state index in [1.165, 1.54) is 0 Å². The number of carbonyl (C=O) groups excluding carboxylic acids is 2. The Morgan fingerprint density at radius 1 is 1.89 bits per heavy atom. The fourth-order valence-electron chi connectivity index (χ4n) is 0.382. The number of hydrogen-bond donors (Lipinski definition) is 1. The van der Waals surface area contributed by atoms with Crippen molar-refractivity contribution < 1.29 is 14.3 Å². The van der Waals surface area contributed by atoms with Crippen molar-refractivity contribution in [3.63, 3.8) is 0 Å². The second kappa shape index (κ2) is 3.88. The summed E-state index contributed by atoms with van der Waals surface area (Å²) in [6, 6.07) is 0. The Morgan fingerprint density at radius 3 is 2.78 bits per heavy atom. The van der Waals surface area contributed by atoms with Crippen molar-refractivity contribution in [3.8, 4) is 0 Å². The first-order chi connectivity index (χ1) is 4.16. The third-order valence-electron chi connectivity index (χ3n) is 0.745. The molecule has 1 amide bonds. The molecule has 2 N–H and O–H groups in total. The minimum atomic E-state index is -0.843. The summed E-state index contributed by atoms with van der Waals surface area (Å²) in [5.74, 6) is 0. The van der Waals surface area contributed by atoms with Gasteiger partial charge in [0.25, 0.3) is 0 Å².